The lowest BCUT2D eigenvalue weighted by Crippen LogP contribution is -2.40. The molecule has 2 heterocycles. The molecule has 0 spiro atoms. The molecule has 118 valence electrons. The van der Waals surface area contributed by atoms with E-state index in [1.54, 1.807) is 0 Å². The monoisotopic (exact) mass is 308 g/mol. The Morgan fingerprint density at radius 2 is 2.13 bits per heavy atom. The van der Waals surface area contributed by atoms with Crippen LogP contribution in [0.2, 0.25) is 0 Å². The smallest absolute Gasteiger partial charge is 0.154 e. The molecule has 2 aromatic rings. The summed E-state index contributed by atoms with van der Waals surface area (Å²) in [5, 5.41) is 9.75. The lowest BCUT2D eigenvalue weighted by molar-refractivity contribution is -0.121. The molecule has 1 unspecified atom stereocenters. The fraction of sp³-hybridized carbons (Fsp3) is 0.389. The Labute approximate surface area is 136 Å². The molecule has 5 heteroatoms. The van der Waals surface area contributed by atoms with Crippen LogP contribution in [0.1, 0.15) is 24.6 Å². The molecule has 1 aromatic heterocycles. The maximum absolute atomic E-state index is 12.3. The molecule has 1 atom stereocenters. The van der Waals surface area contributed by atoms with E-state index >= 15 is 0 Å². The number of carbonyl (C=O) groups is 1. The first-order valence-corrected chi connectivity index (χ1v) is 7.85. The third-order valence-electron chi connectivity index (χ3n) is 4.70. The number of carbonyl (C=O) groups excluding carboxylic acids is 1. The maximum atomic E-state index is 12.3. The van der Waals surface area contributed by atoms with Crippen molar-refractivity contribution < 1.29 is 4.79 Å². The first-order valence-electron chi connectivity index (χ1n) is 7.85. The highest BCUT2D eigenvalue weighted by molar-refractivity contribution is 5.91. The first kappa shape index (κ1) is 15.4. The van der Waals surface area contributed by atoms with E-state index in [4.69, 9.17) is 0 Å². The third kappa shape index (κ3) is 2.90. The van der Waals surface area contributed by atoms with Crippen molar-refractivity contribution >= 4 is 5.78 Å². The number of hydrogen-bond acceptors (Lipinski definition) is 4. The van der Waals surface area contributed by atoms with Crippen LogP contribution in [0.5, 0.6) is 0 Å². The second-order valence-corrected chi connectivity index (χ2v) is 6.04. The summed E-state index contributed by atoms with van der Waals surface area (Å²) in [7, 11) is 0. The standard InChI is InChI=1S/C18H20N4O/c1-15(23)18(13-19,16-5-3-2-4-6-16)7-8-21-9-10-22-14-20-11-17(22)12-21/h2-6,11,14H,7-10,12H2,1H3. The van der Waals surface area contributed by atoms with E-state index in [-0.39, 0.29) is 5.78 Å². The normalized spacial score (nSPS) is 17.0. The van der Waals surface area contributed by atoms with Crippen molar-refractivity contribution in [2.45, 2.75) is 31.8 Å². The van der Waals surface area contributed by atoms with E-state index in [0.29, 0.717) is 13.0 Å². The number of fused-ring (bicyclic) bond motifs is 1. The molecule has 0 saturated carbocycles. The summed E-state index contributed by atoms with van der Waals surface area (Å²) in [6.07, 6.45) is 4.24. The number of aromatic nitrogens is 2. The summed E-state index contributed by atoms with van der Waals surface area (Å²) in [6, 6.07) is 11.7. The summed E-state index contributed by atoms with van der Waals surface area (Å²) >= 11 is 0. The van der Waals surface area contributed by atoms with Crippen LogP contribution < -0.4 is 0 Å². The van der Waals surface area contributed by atoms with E-state index in [1.165, 1.54) is 12.6 Å². The number of rotatable bonds is 5. The largest absolute Gasteiger partial charge is 0.332 e. The average Bonchev–Trinajstić information content (AvgIpc) is 3.04. The zero-order valence-corrected chi connectivity index (χ0v) is 13.3. The first-order chi connectivity index (χ1) is 11.2. The topological polar surface area (TPSA) is 61.9 Å². The van der Waals surface area contributed by atoms with Gasteiger partial charge in [-0.15, -0.1) is 0 Å². The van der Waals surface area contributed by atoms with Gasteiger partial charge in [-0.2, -0.15) is 5.26 Å². The molecule has 1 aromatic carbocycles. The van der Waals surface area contributed by atoms with Gasteiger partial charge < -0.3 is 4.57 Å². The van der Waals surface area contributed by atoms with Gasteiger partial charge in [0.2, 0.25) is 0 Å². The Kier molecular flexibility index (Phi) is 4.26. The quantitative estimate of drug-likeness (QED) is 0.849. The summed E-state index contributed by atoms with van der Waals surface area (Å²) in [5.74, 6) is -0.0896. The molecule has 3 rings (SSSR count). The summed E-state index contributed by atoms with van der Waals surface area (Å²) in [5.41, 5.74) is 0.914. The lowest BCUT2D eigenvalue weighted by Gasteiger charge is -2.31. The maximum Gasteiger partial charge on any atom is 0.154 e. The fourth-order valence-corrected chi connectivity index (χ4v) is 3.20. The predicted molar refractivity (Wildman–Crippen MR) is 86.5 cm³/mol. The van der Waals surface area contributed by atoms with Crippen LogP contribution in [0.3, 0.4) is 0 Å². The van der Waals surface area contributed by atoms with Gasteiger partial charge in [-0.3, -0.25) is 9.69 Å². The third-order valence-corrected chi connectivity index (χ3v) is 4.70. The van der Waals surface area contributed by atoms with Gasteiger partial charge in [0.05, 0.1) is 18.1 Å². The number of imidazole rings is 1. The minimum Gasteiger partial charge on any atom is -0.332 e. The van der Waals surface area contributed by atoms with E-state index in [0.717, 1.165) is 25.2 Å². The molecular formula is C18H20N4O. The van der Waals surface area contributed by atoms with Crippen molar-refractivity contribution in [3.05, 3.63) is 54.1 Å². The molecule has 0 bridgehead atoms. The van der Waals surface area contributed by atoms with Gasteiger partial charge in [0.15, 0.2) is 5.78 Å². The molecule has 0 aliphatic carbocycles. The van der Waals surface area contributed by atoms with Crippen LogP contribution in [0.15, 0.2) is 42.9 Å². The van der Waals surface area contributed by atoms with Crippen LogP contribution in [-0.4, -0.2) is 33.3 Å². The van der Waals surface area contributed by atoms with Crippen molar-refractivity contribution in [2.75, 3.05) is 13.1 Å². The number of nitrogens with zero attached hydrogens (tertiary/aromatic N) is 4. The number of Topliss-reactive ketones (excluding diaryl/α,β-unsaturated/α-hetero) is 1. The highest BCUT2D eigenvalue weighted by Gasteiger charge is 2.38. The average molecular weight is 308 g/mol. The number of ketones is 1. The Morgan fingerprint density at radius 3 is 2.83 bits per heavy atom. The van der Waals surface area contributed by atoms with Crippen LogP contribution in [0.4, 0.5) is 0 Å². The van der Waals surface area contributed by atoms with Gasteiger partial charge in [-0.25, -0.2) is 4.98 Å². The molecule has 0 amide bonds. The van der Waals surface area contributed by atoms with Gasteiger partial charge >= 0.3 is 0 Å². The Hall–Kier alpha value is -2.45. The van der Waals surface area contributed by atoms with Crippen molar-refractivity contribution in [1.29, 1.82) is 5.26 Å². The molecule has 1 aliphatic heterocycles. The van der Waals surface area contributed by atoms with E-state index < -0.39 is 5.41 Å². The van der Waals surface area contributed by atoms with Crippen molar-refractivity contribution in [2.24, 2.45) is 0 Å². The molecular weight excluding hydrogens is 288 g/mol. The SMILES string of the molecule is CC(=O)C(C#N)(CCN1CCn2cncc2C1)c1ccccc1. The molecule has 23 heavy (non-hydrogen) atoms. The summed E-state index contributed by atoms with van der Waals surface area (Å²) < 4.78 is 2.15. The number of hydrogen-bond donors (Lipinski definition) is 0. The van der Waals surface area contributed by atoms with Crippen LogP contribution in [-0.2, 0) is 23.3 Å². The van der Waals surface area contributed by atoms with Crippen molar-refractivity contribution in [1.82, 2.24) is 14.5 Å². The fourth-order valence-electron chi connectivity index (χ4n) is 3.20. The minimum atomic E-state index is -1.06. The van der Waals surface area contributed by atoms with Gasteiger partial charge in [-0.1, -0.05) is 30.3 Å². The molecule has 0 N–H and O–H groups in total. The zero-order chi connectivity index (χ0) is 16.3. The Balaban J connectivity index is 1.76. The second-order valence-electron chi connectivity index (χ2n) is 6.04. The van der Waals surface area contributed by atoms with E-state index in [2.05, 4.69) is 20.5 Å². The number of benzene rings is 1. The van der Waals surface area contributed by atoms with Crippen LogP contribution in [0.25, 0.3) is 0 Å². The van der Waals surface area contributed by atoms with Crippen LogP contribution in [0, 0.1) is 11.3 Å². The van der Waals surface area contributed by atoms with E-state index in [9.17, 15) is 10.1 Å². The highest BCUT2D eigenvalue weighted by atomic mass is 16.1. The molecule has 1 aliphatic rings. The predicted octanol–water partition coefficient (Wildman–Crippen LogP) is 2.14. The number of nitriles is 1. The van der Waals surface area contributed by atoms with Crippen molar-refractivity contribution in [3.8, 4) is 6.07 Å². The molecule has 0 radical (unpaired) electrons. The lowest BCUT2D eigenvalue weighted by atomic mass is 9.75. The van der Waals surface area contributed by atoms with Crippen molar-refractivity contribution in [3.63, 3.8) is 0 Å². The second kappa shape index (κ2) is 6.35. The van der Waals surface area contributed by atoms with Gasteiger partial charge in [0.25, 0.3) is 0 Å². The zero-order valence-electron chi connectivity index (χ0n) is 13.3. The molecule has 0 fully saturated rings. The van der Waals surface area contributed by atoms with Crippen LogP contribution >= 0.6 is 0 Å². The van der Waals surface area contributed by atoms with Gasteiger partial charge in [-0.05, 0) is 18.9 Å². The summed E-state index contributed by atoms with van der Waals surface area (Å²) in [6.45, 7) is 4.86. The molecule has 5 nitrogen and oxygen atoms in total. The van der Waals surface area contributed by atoms with E-state index in [1.807, 2.05) is 42.9 Å². The minimum absolute atomic E-state index is 0.0896. The van der Waals surface area contributed by atoms with Gasteiger partial charge in [0.1, 0.15) is 5.41 Å². The Bertz CT molecular complexity index is 731. The molecule has 0 saturated heterocycles. The Morgan fingerprint density at radius 1 is 1.35 bits per heavy atom. The summed E-state index contributed by atoms with van der Waals surface area (Å²) in [4.78, 5) is 18.7. The highest BCUT2D eigenvalue weighted by Crippen LogP contribution is 2.29. The van der Waals surface area contributed by atoms with Gasteiger partial charge in [0, 0.05) is 32.4 Å².